The molecule has 2 amide bonds. The van der Waals surface area contributed by atoms with E-state index in [1.165, 1.54) is 15.2 Å². The minimum Gasteiger partial charge on any atom is -0.378 e. The summed E-state index contributed by atoms with van der Waals surface area (Å²) < 4.78 is 5.32. The van der Waals surface area contributed by atoms with Gasteiger partial charge in [-0.25, -0.2) is 0 Å². The van der Waals surface area contributed by atoms with Crippen LogP contribution in [0.5, 0.6) is 0 Å². The molecule has 30 heavy (non-hydrogen) atoms. The van der Waals surface area contributed by atoms with Crippen molar-refractivity contribution in [3.8, 4) is 0 Å². The highest BCUT2D eigenvalue weighted by Gasteiger charge is 2.32. The third kappa shape index (κ3) is 4.98. The zero-order chi connectivity index (χ0) is 20.9. The molecule has 7 nitrogen and oxygen atoms in total. The molecular formula is C23H32N4O3+2. The minimum atomic E-state index is -0.118. The Labute approximate surface area is 177 Å². The van der Waals surface area contributed by atoms with Crippen molar-refractivity contribution in [1.29, 1.82) is 0 Å². The number of nitrogens with one attached hydrogen (secondary N) is 3. The van der Waals surface area contributed by atoms with E-state index >= 15 is 0 Å². The van der Waals surface area contributed by atoms with Crippen molar-refractivity contribution in [3.05, 3.63) is 42.5 Å². The first-order valence-corrected chi connectivity index (χ1v) is 10.9. The van der Waals surface area contributed by atoms with Gasteiger partial charge < -0.3 is 24.8 Å². The van der Waals surface area contributed by atoms with Gasteiger partial charge >= 0.3 is 0 Å². The summed E-state index contributed by atoms with van der Waals surface area (Å²) in [5, 5.41) is 5.37. The van der Waals surface area contributed by atoms with Gasteiger partial charge in [0.15, 0.2) is 12.6 Å². The third-order valence-electron chi connectivity index (χ3n) is 6.39. The molecule has 2 heterocycles. The molecule has 7 heteroatoms. The highest BCUT2D eigenvalue weighted by atomic mass is 16.5. The van der Waals surface area contributed by atoms with Crippen LogP contribution in [-0.2, 0) is 14.3 Å². The van der Waals surface area contributed by atoms with Gasteiger partial charge in [-0.1, -0.05) is 30.3 Å². The molecule has 160 valence electrons. The third-order valence-corrected chi connectivity index (χ3v) is 6.39. The second-order valence-electron chi connectivity index (χ2n) is 8.35. The van der Waals surface area contributed by atoms with E-state index in [1.807, 2.05) is 42.2 Å². The van der Waals surface area contributed by atoms with Crippen LogP contribution in [0.25, 0.3) is 10.8 Å². The van der Waals surface area contributed by atoms with Crippen molar-refractivity contribution in [2.24, 2.45) is 0 Å². The number of anilines is 1. The number of nitrogens with zero attached hydrogens (tertiary/aromatic N) is 1. The highest BCUT2D eigenvalue weighted by Crippen LogP contribution is 2.18. The van der Waals surface area contributed by atoms with Crippen molar-refractivity contribution in [3.63, 3.8) is 0 Å². The highest BCUT2D eigenvalue weighted by molar-refractivity contribution is 5.96. The summed E-state index contributed by atoms with van der Waals surface area (Å²) in [6, 6.07) is 14.0. The second-order valence-corrected chi connectivity index (χ2v) is 8.35. The molecular weight excluding hydrogens is 380 g/mol. The number of carbonyl (C=O) groups excluding carboxylic acids is 2. The van der Waals surface area contributed by atoms with Gasteiger partial charge in [-0.2, -0.15) is 0 Å². The summed E-state index contributed by atoms with van der Waals surface area (Å²) in [6.45, 7) is 8.87. The molecule has 2 fully saturated rings. The summed E-state index contributed by atoms with van der Waals surface area (Å²) in [7, 11) is 0. The molecule has 0 spiro atoms. The van der Waals surface area contributed by atoms with Gasteiger partial charge in [-0.15, -0.1) is 0 Å². The summed E-state index contributed by atoms with van der Waals surface area (Å²) in [6.07, 6.45) is 0. The lowest BCUT2D eigenvalue weighted by atomic mass is 10.1. The number of carbonyl (C=O) groups is 2. The second kappa shape index (κ2) is 9.55. The molecule has 3 N–H and O–H groups in total. The Balaban J connectivity index is 1.26. The first kappa shape index (κ1) is 20.8. The summed E-state index contributed by atoms with van der Waals surface area (Å²) in [5.74, 6) is 0.270. The molecule has 2 aromatic rings. The predicted octanol–water partition coefficient (Wildman–Crippen LogP) is -1.19. The maximum Gasteiger partial charge on any atom is 0.282 e. The van der Waals surface area contributed by atoms with Gasteiger partial charge in [0.05, 0.1) is 13.2 Å². The van der Waals surface area contributed by atoms with E-state index in [1.54, 1.807) is 0 Å². The molecule has 0 saturated carbocycles. The lowest BCUT2D eigenvalue weighted by molar-refractivity contribution is -1.01. The van der Waals surface area contributed by atoms with Crippen LogP contribution < -0.4 is 15.1 Å². The summed E-state index contributed by atoms with van der Waals surface area (Å²) >= 11 is 0. The first-order chi connectivity index (χ1) is 14.6. The van der Waals surface area contributed by atoms with E-state index in [4.69, 9.17) is 4.74 Å². The number of benzene rings is 2. The maximum atomic E-state index is 12.8. The minimum absolute atomic E-state index is 0.0492. The van der Waals surface area contributed by atoms with E-state index in [0.717, 1.165) is 37.3 Å². The van der Waals surface area contributed by atoms with Gasteiger partial charge in [-0.05, 0) is 29.8 Å². The molecule has 2 aliphatic rings. The van der Waals surface area contributed by atoms with E-state index in [2.05, 4.69) is 17.4 Å². The SMILES string of the molecule is C[C@H](C(=O)Nc1ccc2ccccc2c1)[NH+]1CC[NH+](CC(=O)N2CCOCC2)CC1. The Kier molecular flexibility index (Phi) is 6.62. The van der Waals surface area contributed by atoms with Gasteiger partial charge in [0, 0.05) is 18.8 Å². The standard InChI is InChI=1S/C23H30N4O3/c1-18(23(29)24-21-7-6-19-4-2-3-5-20(19)16-21)26-10-8-25(9-11-26)17-22(28)27-12-14-30-15-13-27/h2-7,16,18H,8-15,17H2,1H3,(H,24,29)/p+2/t18-/m1/s1. The van der Waals surface area contributed by atoms with Crippen LogP contribution in [0.3, 0.4) is 0 Å². The van der Waals surface area contributed by atoms with Gasteiger partial charge in [0.2, 0.25) is 0 Å². The quantitative estimate of drug-likeness (QED) is 0.579. The molecule has 0 unspecified atom stereocenters. The Morgan fingerprint density at radius 3 is 2.47 bits per heavy atom. The monoisotopic (exact) mass is 412 g/mol. The number of piperazine rings is 1. The van der Waals surface area contributed by atoms with Crippen LogP contribution in [0.1, 0.15) is 6.92 Å². The number of rotatable bonds is 5. The van der Waals surface area contributed by atoms with E-state index in [9.17, 15) is 9.59 Å². The van der Waals surface area contributed by atoms with E-state index in [-0.39, 0.29) is 17.9 Å². The number of morpholine rings is 1. The molecule has 2 saturated heterocycles. The molecule has 2 aromatic carbocycles. The number of amides is 2. The van der Waals surface area contributed by atoms with Crippen LogP contribution in [0.2, 0.25) is 0 Å². The van der Waals surface area contributed by atoms with E-state index < -0.39 is 0 Å². The maximum absolute atomic E-state index is 12.8. The zero-order valence-electron chi connectivity index (χ0n) is 17.7. The molecule has 0 radical (unpaired) electrons. The lowest BCUT2D eigenvalue weighted by Gasteiger charge is -2.34. The van der Waals surface area contributed by atoms with Crippen LogP contribution >= 0.6 is 0 Å². The number of hydrogen-bond acceptors (Lipinski definition) is 3. The Bertz CT molecular complexity index is 889. The fraction of sp³-hybridized carbons (Fsp3) is 0.478. The Hall–Kier alpha value is -2.48. The van der Waals surface area contributed by atoms with Gasteiger partial charge in [-0.3, -0.25) is 9.59 Å². The van der Waals surface area contributed by atoms with Crippen molar-refractivity contribution in [2.45, 2.75) is 13.0 Å². The molecule has 0 aromatic heterocycles. The van der Waals surface area contributed by atoms with Crippen LogP contribution in [0, 0.1) is 0 Å². The fourth-order valence-electron chi connectivity index (χ4n) is 4.38. The summed E-state index contributed by atoms with van der Waals surface area (Å²) in [5.41, 5.74) is 0.838. The average molecular weight is 413 g/mol. The van der Waals surface area contributed by atoms with Crippen LogP contribution in [-0.4, -0.2) is 81.8 Å². The number of hydrogen-bond donors (Lipinski definition) is 3. The zero-order valence-corrected chi connectivity index (χ0v) is 17.7. The number of fused-ring (bicyclic) bond motifs is 1. The molecule has 0 bridgehead atoms. The van der Waals surface area contributed by atoms with Crippen molar-refractivity contribution in [1.82, 2.24) is 4.90 Å². The smallest absolute Gasteiger partial charge is 0.282 e. The van der Waals surface area contributed by atoms with Crippen molar-refractivity contribution >= 4 is 28.3 Å². The molecule has 2 aliphatic heterocycles. The Morgan fingerprint density at radius 2 is 1.73 bits per heavy atom. The van der Waals surface area contributed by atoms with E-state index in [0.29, 0.717) is 32.8 Å². The Morgan fingerprint density at radius 1 is 1.03 bits per heavy atom. The number of ether oxygens (including phenoxy) is 1. The van der Waals surface area contributed by atoms with Gasteiger partial charge in [0.1, 0.15) is 26.2 Å². The number of quaternary nitrogens is 2. The normalized spacial score (nSPS) is 23.2. The van der Waals surface area contributed by atoms with Crippen LogP contribution in [0.15, 0.2) is 42.5 Å². The van der Waals surface area contributed by atoms with Crippen molar-refractivity contribution < 1.29 is 24.1 Å². The molecule has 4 rings (SSSR count). The van der Waals surface area contributed by atoms with Crippen molar-refractivity contribution in [2.75, 3.05) is 64.3 Å². The largest absolute Gasteiger partial charge is 0.378 e. The van der Waals surface area contributed by atoms with Gasteiger partial charge in [0.25, 0.3) is 11.8 Å². The topological polar surface area (TPSA) is 67.5 Å². The lowest BCUT2D eigenvalue weighted by Crippen LogP contribution is -3.30. The summed E-state index contributed by atoms with van der Waals surface area (Å²) in [4.78, 5) is 29.8. The average Bonchev–Trinajstić information content (AvgIpc) is 2.79. The first-order valence-electron chi connectivity index (χ1n) is 10.9. The molecule has 0 aliphatic carbocycles. The molecule has 1 atom stereocenters. The fourth-order valence-corrected chi connectivity index (χ4v) is 4.38. The van der Waals surface area contributed by atoms with Crippen LogP contribution in [0.4, 0.5) is 5.69 Å². The predicted molar refractivity (Wildman–Crippen MR) is 116 cm³/mol.